The van der Waals surface area contributed by atoms with Crippen LogP contribution in [0.25, 0.3) is 0 Å². The minimum absolute atomic E-state index is 0.0972. The lowest BCUT2D eigenvalue weighted by Crippen LogP contribution is -2.04. The first kappa shape index (κ1) is 27.7. The number of carbonyl (C=O) groups is 2. The van der Waals surface area contributed by atoms with Gasteiger partial charge in [0.2, 0.25) is 0 Å². The first-order chi connectivity index (χ1) is 9.78. The molecule has 0 heterocycles. The van der Waals surface area contributed by atoms with Crippen molar-refractivity contribution in [1.29, 1.82) is 0 Å². The Labute approximate surface area is 123 Å². The van der Waals surface area contributed by atoms with Crippen LogP contribution in [0.15, 0.2) is 12.2 Å². The van der Waals surface area contributed by atoms with E-state index in [0.29, 0.717) is 19.6 Å². The standard InChI is InChI=1S/C5H6O4.3C2H7NO/c1-3(5(8)9)2-4(6)7;3*3-1-2-4/h1-2H2,(H,6,7)(H,8,9);3*4H,1-3H2. The van der Waals surface area contributed by atoms with E-state index in [1.807, 2.05) is 0 Å². The van der Waals surface area contributed by atoms with Gasteiger partial charge < -0.3 is 42.7 Å². The molecule has 0 amide bonds. The Morgan fingerprint density at radius 3 is 1.10 bits per heavy atom. The summed E-state index contributed by atoms with van der Waals surface area (Å²) in [5.74, 6) is -2.44. The summed E-state index contributed by atoms with van der Waals surface area (Å²) < 4.78 is 0. The average molecular weight is 313 g/mol. The normalized spacial score (nSPS) is 7.90. The van der Waals surface area contributed by atoms with Gasteiger partial charge in [-0.3, -0.25) is 4.79 Å². The van der Waals surface area contributed by atoms with Gasteiger partial charge in [0.1, 0.15) is 0 Å². The minimum atomic E-state index is -1.27. The fraction of sp³-hybridized carbons (Fsp3) is 0.636. The molecule has 0 aliphatic rings. The number of carboxylic acids is 2. The Hall–Kier alpha value is -1.56. The number of hydrogen-bond donors (Lipinski definition) is 8. The maximum atomic E-state index is 9.87. The van der Waals surface area contributed by atoms with E-state index < -0.39 is 18.4 Å². The second kappa shape index (κ2) is 26.9. The molecule has 0 bridgehead atoms. The number of aliphatic hydroxyl groups is 3. The first-order valence-corrected chi connectivity index (χ1v) is 5.84. The van der Waals surface area contributed by atoms with Crippen LogP contribution in [0.3, 0.4) is 0 Å². The topological polar surface area (TPSA) is 213 Å². The van der Waals surface area contributed by atoms with Gasteiger partial charge in [-0.25, -0.2) is 4.79 Å². The van der Waals surface area contributed by atoms with Crippen LogP contribution in [0.4, 0.5) is 0 Å². The van der Waals surface area contributed by atoms with E-state index in [-0.39, 0.29) is 25.4 Å². The maximum absolute atomic E-state index is 9.87. The Bertz CT molecular complexity index is 234. The van der Waals surface area contributed by atoms with E-state index in [1.165, 1.54) is 0 Å². The summed E-state index contributed by atoms with van der Waals surface area (Å²) in [6, 6.07) is 0. The van der Waals surface area contributed by atoms with Crippen molar-refractivity contribution in [2.75, 3.05) is 39.5 Å². The van der Waals surface area contributed by atoms with Crippen molar-refractivity contribution < 1.29 is 35.1 Å². The Morgan fingerprint density at radius 1 is 0.810 bits per heavy atom. The van der Waals surface area contributed by atoms with E-state index in [2.05, 4.69) is 6.58 Å². The van der Waals surface area contributed by atoms with Crippen molar-refractivity contribution in [3.05, 3.63) is 12.2 Å². The van der Waals surface area contributed by atoms with Gasteiger partial charge in [-0.05, 0) is 0 Å². The molecule has 0 spiro atoms. The molecule has 10 nitrogen and oxygen atoms in total. The van der Waals surface area contributed by atoms with Crippen LogP contribution in [-0.4, -0.2) is 76.9 Å². The first-order valence-electron chi connectivity index (χ1n) is 5.84. The van der Waals surface area contributed by atoms with E-state index in [1.54, 1.807) is 0 Å². The molecule has 11 N–H and O–H groups in total. The monoisotopic (exact) mass is 313 g/mol. The van der Waals surface area contributed by atoms with Crippen molar-refractivity contribution in [3.63, 3.8) is 0 Å². The lowest BCUT2D eigenvalue weighted by molar-refractivity contribution is -0.139. The molecule has 128 valence electrons. The molecule has 0 fully saturated rings. The molecule has 0 aromatic rings. The molecule has 0 aromatic heterocycles. The molecule has 0 radical (unpaired) electrons. The summed E-state index contributed by atoms with van der Waals surface area (Å²) in [6.07, 6.45) is -0.505. The molecule has 0 aliphatic carbocycles. The van der Waals surface area contributed by atoms with Crippen molar-refractivity contribution >= 4 is 11.9 Å². The van der Waals surface area contributed by atoms with E-state index in [0.717, 1.165) is 0 Å². The third kappa shape index (κ3) is 55.9. The van der Waals surface area contributed by atoms with Gasteiger partial charge in [-0.1, -0.05) is 6.58 Å². The lowest BCUT2D eigenvalue weighted by Gasteiger charge is -1.91. The Morgan fingerprint density at radius 2 is 1.05 bits per heavy atom. The molecular weight excluding hydrogens is 286 g/mol. The summed E-state index contributed by atoms with van der Waals surface area (Å²) in [7, 11) is 0. The zero-order chi connectivity index (χ0) is 17.7. The predicted octanol–water partition coefficient (Wildman–Crippen LogP) is -3.09. The molecule has 0 aliphatic heterocycles. The van der Waals surface area contributed by atoms with Gasteiger partial charge in [0.05, 0.1) is 26.2 Å². The molecule has 0 saturated carbocycles. The number of carboxylic acid groups (broad SMARTS) is 2. The molecule has 21 heavy (non-hydrogen) atoms. The fourth-order valence-corrected chi connectivity index (χ4v) is 0.258. The van der Waals surface area contributed by atoms with Crippen molar-refractivity contribution in [1.82, 2.24) is 0 Å². The van der Waals surface area contributed by atoms with Gasteiger partial charge in [0.15, 0.2) is 0 Å². The van der Waals surface area contributed by atoms with Crippen LogP contribution >= 0.6 is 0 Å². The zero-order valence-electron chi connectivity index (χ0n) is 11.9. The Kier molecular flexibility index (Phi) is 35.5. The van der Waals surface area contributed by atoms with Crippen LogP contribution in [0.5, 0.6) is 0 Å². The fourth-order valence-electron chi connectivity index (χ4n) is 0.258. The molecule has 0 saturated heterocycles. The maximum Gasteiger partial charge on any atom is 0.331 e. The smallest absolute Gasteiger partial charge is 0.331 e. The molecule has 0 rings (SSSR count). The summed E-state index contributed by atoms with van der Waals surface area (Å²) in [5, 5.41) is 39.3. The predicted molar refractivity (Wildman–Crippen MR) is 77.4 cm³/mol. The number of aliphatic carboxylic acids is 2. The van der Waals surface area contributed by atoms with E-state index in [9.17, 15) is 9.59 Å². The van der Waals surface area contributed by atoms with E-state index >= 15 is 0 Å². The summed E-state index contributed by atoms with van der Waals surface area (Å²) >= 11 is 0. The third-order valence-corrected chi connectivity index (χ3v) is 1.05. The van der Waals surface area contributed by atoms with Crippen molar-refractivity contribution in [2.45, 2.75) is 6.42 Å². The van der Waals surface area contributed by atoms with Crippen LogP contribution in [-0.2, 0) is 9.59 Å². The number of nitrogens with two attached hydrogens (primary N) is 3. The van der Waals surface area contributed by atoms with Gasteiger partial charge >= 0.3 is 11.9 Å². The molecular formula is C11H27N3O7. The molecule has 0 atom stereocenters. The minimum Gasteiger partial charge on any atom is -0.481 e. The quantitative estimate of drug-likeness (QED) is 0.231. The summed E-state index contributed by atoms with van der Waals surface area (Å²) in [5.41, 5.74) is 14.0. The average Bonchev–Trinajstić information content (AvgIpc) is 2.47. The van der Waals surface area contributed by atoms with Gasteiger partial charge in [-0.15, -0.1) is 0 Å². The number of hydrogen-bond acceptors (Lipinski definition) is 8. The molecule has 0 unspecified atom stereocenters. The van der Waals surface area contributed by atoms with Crippen molar-refractivity contribution in [2.24, 2.45) is 17.2 Å². The Balaban J connectivity index is -0.000000102. The second-order valence-corrected chi connectivity index (χ2v) is 3.02. The number of aliphatic hydroxyl groups excluding tert-OH is 3. The largest absolute Gasteiger partial charge is 0.481 e. The highest BCUT2D eigenvalue weighted by atomic mass is 16.4. The van der Waals surface area contributed by atoms with Crippen LogP contribution < -0.4 is 17.2 Å². The molecule has 0 aromatic carbocycles. The van der Waals surface area contributed by atoms with Crippen LogP contribution in [0.2, 0.25) is 0 Å². The van der Waals surface area contributed by atoms with E-state index in [4.69, 9.17) is 42.7 Å². The highest BCUT2D eigenvalue weighted by molar-refractivity contribution is 5.91. The van der Waals surface area contributed by atoms with Crippen LogP contribution in [0.1, 0.15) is 6.42 Å². The highest BCUT2D eigenvalue weighted by Crippen LogP contribution is 1.95. The van der Waals surface area contributed by atoms with Gasteiger partial charge in [-0.2, -0.15) is 0 Å². The zero-order valence-corrected chi connectivity index (χ0v) is 11.9. The van der Waals surface area contributed by atoms with Gasteiger partial charge in [0.25, 0.3) is 0 Å². The SMILES string of the molecule is C=C(CC(=O)O)C(=O)O.NCCO.NCCO.NCCO. The number of rotatable bonds is 6. The lowest BCUT2D eigenvalue weighted by atomic mass is 10.2. The van der Waals surface area contributed by atoms with Crippen molar-refractivity contribution in [3.8, 4) is 0 Å². The molecule has 10 heteroatoms. The highest BCUT2D eigenvalue weighted by Gasteiger charge is 2.07. The summed E-state index contributed by atoms with van der Waals surface area (Å²) in [4.78, 5) is 19.7. The van der Waals surface area contributed by atoms with Gasteiger partial charge in [0, 0.05) is 25.2 Å². The summed E-state index contributed by atoms with van der Waals surface area (Å²) in [6.45, 7) is 4.43. The van der Waals surface area contributed by atoms with Crippen LogP contribution in [0, 0.1) is 0 Å². The second-order valence-electron chi connectivity index (χ2n) is 3.02. The third-order valence-electron chi connectivity index (χ3n) is 1.05.